The normalized spacial score (nSPS) is 13.0. The number of aromatic nitrogens is 1. The molecular weight excluding hydrogens is 274 g/mol. The van der Waals surface area contributed by atoms with E-state index in [-0.39, 0.29) is 5.25 Å². The Kier molecular flexibility index (Phi) is 5.43. The summed E-state index contributed by atoms with van der Waals surface area (Å²) in [7, 11) is 0. The number of aliphatic hydroxyl groups is 1. The van der Waals surface area contributed by atoms with Crippen LogP contribution in [0.25, 0.3) is 10.2 Å². The van der Waals surface area contributed by atoms with Crippen LogP contribution in [0.2, 0.25) is 0 Å². The summed E-state index contributed by atoms with van der Waals surface area (Å²) >= 11 is 3.35. The molecule has 0 aliphatic carbocycles. The third kappa shape index (κ3) is 3.81. The number of hydrogen-bond donors (Lipinski definition) is 1. The Hall–Kier alpha value is -0.840. The maximum absolute atomic E-state index is 10.1. The molecule has 1 radical (unpaired) electrons. The average Bonchev–Trinajstić information content (AvgIpc) is 2.80. The van der Waals surface area contributed by atoms with Crippen molar-refractivity contribution >= 4 is 33.3 Å². The highest BCUT2D eigenvalue weighted by Crippen LogP contribution is 2.37. The number of hydrogen-bond acceptors (Lipinski definition) is 4. The SMILES string of the molecule is C=CC[C](O)[C@H](CCC)Sc1nc2ccccc2s1. The van der Waals surface area contributed by atoms with Crippen molar-refractivity contribution in [2.24, 2.45) is 0 Å². The number of para-hydroxylation sites is 1. The molecule has 2 nitrogen and oxygen atoms in total. The molecule has 0 unspecified atom stereocenters. The molecule has 1 atom stereocenters. The van der Waals surface area contributed by atoms with Crippen LogP contribution in [-0.2, 0) is 0 Å². The summed E-state index contributed by atoms with van der Waals surface area (Å²) in [6.45, 7) is 5.81. The van der Waals surface area contributed by atoms with Gasteiger partial charge in [-0.15, -0.1) is 17.9 Å². The highest BCUT2D eigenvalue weighted by molar-refractivity contribution is 8.01. The maximum Gasteiger partial charge on any atom is 0.151 e. The second kappa shape index (κ2) is 7.08. The van der Waals surface area contributed by atoms with Crippen molar-refractivity contribution < 1.29 is 5.11 Å². The van der Waals surface area contributed by atoms with Gasteiger partial charge in [0.05, 0.1) is 10.2 Å². The number of aliphatic hydroxyl groups excluding tert-OH is 1. The van der Waals surface area contributed by atoms with Crippen LogP contribution in [-0.4, -0.2) is 15.3 Å². The summed E-state index contributed by atoms with van der Waals surface area (Å²) < 4.78 is 2.22. The van der Waals surface area contributed by atoms with Crippen LogP contribution in [0.15, 0.2) is 41.3 Å². The van der Waals surface area contributed by atoms with E-state index in [1.165, 1.54) is 4.70 Å². The third-order valence-corrected chi connectivity index (χ3v) is 5.25. The maximum atomic E-state index is 10.1. The molecule has 101 valence electrons. The van der Waals surface area contributed by atoms with E-state index in [0.717, 1.165) is 22.7 Å². The average molecular weight is 292 g/mol. The fourth-order valence-corrected chi connectivity index (χ4v) is 4.35. The van der Waals surface area contributed by atoms with E-state index < -0.39 is 0 Å². The van der Waals surface area contributed by atoms with Gasteiger partial charge in [0.25, 0.3) is 0 Å². The van der Waals surface area contributed by atoms with Crippen LogP contribution in [0.5, 0.6) is 0 Å². The molecule has 1 heterocycles. The van der Waals surface area contributed by atoms with E-state index in [1.807, 2.05) is 18.2 Å². The van der Waals surface area contributed by atoms with Gasteiger partial charge in [0.15, 0.2) is 4.34 Å². The fourth-order valence-electron chi connectivity index (χ4n) is 1.86. The van der Waals surface area contributed by atoms with Gasteiger partial charge in [-0.2, -0.15) is 0 Å². The largest absolute Gasteiger partial charge is 0.385 e. The molecule has 2 aromatic rings. The summed E-state index contributed by atoms with van der Waals surface area (Å²) in [5, 5.41) is 10.2. The Morgan fingerprint density at radius 1 is 1.53 bits per heavy atom. The predicted octanol–water partition coefficient (Wildman–Crippen LogP) is 5.04. The van der Waals surface area contributed by atoms with E-state index in [1.54, 1.807) is 29.2 Å². The molecule has 4 heteroatoms. The van der Waals surface area contributed by atoms with Crippen LogP contribution in [0.3, 0.4) is 0 Å². The Morgan fingerprint density at radius 3 is 3.00 bits per heavy atom. The van der Waals surface area contributed by atoms with Gasteiger partial charge in [0, 0.05) is 5.25 Å². The molecule has 0 bridgehead atoms. The van der Waals surface area contributed by atoms with E-state index >= 15 is 0 Å². The van der Waals surface area contributed by atoms with Gasteiger partial charge in [-0.05, 0) is 25.0 Å². The van der Waals surface area contributed by atoms with E-state index in [0.29, 0.717) is 12.5 Å². The van der Waals surface area contributed by atoms with Gasteiger partial charge >= 0.3 is 0 Å². The predicted molar refractivity (Wildman–Crippen MR) is 84.2 cm³/mol. The minimum atomic E-state index is 0.114. The second-order valence-electron chi connectivity index (χ2n) is 4.33. The number of benzene rings is 1. The quantitative estimate of drug-likeness (QED) is 0.573. The van der Waals surface area contributed by atoms with Gasteiger partial charge < -0.3 is 5.11 Å². The highest BCUT2D eigenvalue weighted by Gasteiger charge is 2.21. The van der Waals surface area contributed by atoms with Crippen molar-refractivity contribution in [3.05, 3.63) is 43.0 Å². The Morgan fingerprint density at radius 2 is 2.32 bits per heavy atom. The van der Waals surface area contributed by atoms with Gasteiger partial charge in [0.1, 0.15) is 6.10 Å². The number of nitrogens with zero attached hydrogens (tertiary/aromatic N) is 1. The lowest BCUT2D eigenvalue weighted by Gasteiger charge is -2.18. The molecule has 0 aliphatic heterocycles. The standard InChI is InChI=1S/C15H18NOS2/c1-3-7-12(17)14(8-4-2)19-15-16-11-9-5-6-10-13(11)18-15/h3,5-6,9-10,14,17H,1,4,7-8H2,2H3/t14-/m0/s1. The molecule has 0 saturated carbocycles. The molecule has 0 spiro atoms. The topological polar surface area (TPSA) is 33.1 Å². The first kappa shape index (κ1) is 14.6. The molecule has 0 amide bonds. The molecular formula is C15H18NOS2. The van der Waals surface area contributed by atoms with Crippen LogP contribution >= 0.6 is 23.1 Å². The van der Waals surface area contributed by atoms with Gasteiger partial charge in [-0.3, -0.25) is 0 Å². The van der Waals surface area contributed by atoms with Crippen molar-refractivity contribution in [3.8, 4) is 0 Å². The minimum absolute atomic E-state index is 0.114. The smallest absolute Gasteiger partial charge is 0.151 e. The van der Waals surface area contributed by atoms with Crippen molar-refractivity contribution in [2.45, 2.75) is 35.8 Å². The van der Waals surface area contributed by atoms with Crippen molar-refractivity contribution in [1.29, 1.82) is 0 Å². The van der Waals surface area contributed by atoms with E-state index in [9.17, 15) is 5.11 Å². The monoisotopic (exact) mass is 292 g/mol. The Labute approximate surface area is 122 Å². The van der Waals surface area contributed by atoms with Gasteiger partial charge in [0.2, 0.25) is 0 Å². The number of thiazole rings is 1. The van der Waals surface area contributed by atoms with Gasteiger partial charge in [-0.1, -0.05) is 43.3 Å². The zero-order valence-corrected chi connectivity index (χ0v) is 12.6. The third-order valence-electron chi connectivity index (χ3n) is 2.79. The van der Waals surface area contributed by atoms with Crippen LogP contribution in [0.4, 0.5) is 0 Å². The molecule has 0 saturated heterocycles. The lowest BCUT2D eigenvalue weighted by atomic mass is 10.1. The van der Waals surface area contributed by atoms with Crippen LogP contribution in [0, 0.1) is 6.10 Å². The molecule has 1 aromatic heterocycles. The molecule has 0 fully saturated rings. The van der Waals surface area contributed by atoms with Crippen molar-refractivity contribution in [1.82, 2.24) is 4.98 Å². The first-order valence-corrected chi connectivity index (χ1v) is 8.12. The lowest BCUT2D eigenvalue weighted by Crippen LogP contribution is -2.13. The van der Waals surface area contributed by atoms with Crippen LogP contribution in [0.1, 0.15) is 26.2 Å². The Bertz CT molecular complexity index is 505. The molecule has 1 aromatic carbocycles. The van der Waals surface area contributed by atoms with E-state index in [4.69, 9.17) is 0 Å². The number of rotatable bonds is 7. The molecule has 1 N–H and O–H groups in total. The Balaban J connectivity index is 2.13. The summed E-state index contributed by atoms with van der Waals surface area (Å²) in [6.07, 6.45) is 4.81. The van der Waals surface area contributed by atoms with Gasteiger partial charge in [-0.25, -0.2) is 4.98 Å². The second-order valence-corrected chi connectivity index (χ2v) is 6.81. The molecule has 2 rings (SSSR count). The fraction of sp³-hybridized carbons (Fsp3) is 0.333. The van der Waals surface area contributed by atoms with Crippen LogP contribution < -0.4 is 0 Å². The number of thioether (sulfide) groups is 1. The lowest BCUT2D eigenvalue weighted by molar-refractivity contribution is 0.283. The highest BCUT2D eigenvalue weighted by atomic mass is 32.2. The molecule has 19 heavy (non-hydrogen) atoms. The summed E-state index contributed by atoms with van der Waals surface area (Å²) in [5.74, 6) is 0. The molecule has 0 aliphatic rings. The number of fused-ring (bicyclic) bond motifs is 1. The zero-order chi connectivity index (χ0) is 13.7. The first-order chi connectivity index (χ1) is 9.24. The minimum Gasteiger partial charge on any atom is -0.385 e. The summed E-state index contributed by atoms with van der Waals surface area (Å²) in [4.78, 5) is 4.61. The summed E-state index contributed by atoms with van der Waals surface area (Å²) in [5.41, 5.74) is 1.04. The first-order valence-electron chi connectivity index (χ1n) is 6.42. The van der Waals surface area contributed by atoms with E-state index in [2.05, 4.69) is 24.6 Å². The zero-order valence-electron chi connectivity index (χ0n) is 11.0. The van der Waals surface area contributed by atoms with Crippen molar-refractivity contribution in [2.75, 3.05) is 0 Å². The van der Waals surface area contributed by atoms with Crippen molar-refractivity contribution in [3.63, 3.8) is 0 Å². The summed E-state index contributed by atoms with van der Waals surface area (Å²) in [6, 6.07) is 8.14.